The maximum atomic E-state index is 14.6. The van der Waals surface area contributed by atoms with Crippen molar-refractivity contribution in [2.75, 3.05) is 50.7 Å². The van der Waals surface area contributed by atoms with E-state index in [1.807, 2.05) is 22.4 Å². The number of alkyl halides is 2. The predicted molar refractivity (Wildman–Crippen MR) is 261 cm³/mol. The van der Waals surface area contributed by atoms with E-state index >= 15 is 0 Å². The number of allylic oxidation sites excluding steroid dienone is 2. The minimum atomic E-state index is -2.64. The summed E-state index contributed by atoms with van der Waals surface area (Å²) in [5.74, 6) is 1.91. The molecule has 0 radical (unpaired) electrons. The number of amides is 2. The van der Waals surface area contributed by atoms with Gasteiger partial charge in [0.15, 0.2) is 5.82 Å². The summed E-state index contributed by atoms with van der Waals surface area (Å²) in [6.45, 7) is 8.16. The number of carbonyl (C=O) groups is 2. The number of aryl methyl sites for hydroxylation is 1. The van der Waals surface area contributed by atoms with Crippen molar-refractivity contribution in [1.82, 2.24) is 34.8 Å². The Morgan fingerprint density at radius 2 is 1.74 bits per heavy atom. The number of nitrogens with one attached hydrogen (secondary N) is 1. The Bertz CT molecular complexity index is 2520. The fourth-order valence-corrected chi connectivity index (χ4v) is 11.3. The van der Waals surface area contributed by atoms with Crippen LogP contribution < -0.4 is 21.7 Å². The number of phenolic OH excluding ortho intramolecular Hbond substituents is 1. The molecule has 14 nitrogen and oxygen atoms in total. The average molecular weight is 971 g/mol. The molecule has 4 aromatic rings. The number of anilines is 2. The van der Waals surface area contributed by atoms with Crippen LogP contribution in [-0.4, -0.2) is 98.2 Å². The van der Waals surface area contributed by atoms with Crippen LogP contribution in [0.1, 0.15) is 112 Å². The smallest absolute Gasteiger partial charge is 0.267 e. The number of nitrogens with zero attached hydrogens (tertiary/aromatic N) is 8. The number of halogens is 3. The number of likely N-dealkylation sites (tertiary alicyclic amines) is 2. The number of rotatable bonds is 10. The van der Waals surface area contributed by atoms with Crippen LogP contribution in [0.5, 0.6) is 5.75 Å². The number of aromatic hydroxyl groups is 1. The highest BCUT2D eigenvalue weighted by molar-refractivity contribution is 7.13. The molecule has 1 saturated carbocycles. The lowest BCUT2D eigenvalue weighted by Gasteiger charge is -2.38. The number of hydrogen-bond donors (Lipinski definition) is 4. The van der Waals surface area contributed by atoms with Gasteiger partial charge < -0.3 is 41.5 Å². The Hall–Kier alpha value is -5.70. The van der Waals surface area contributed by atoms with Crippen molar-refractivity contribution in [2.24, 2.45) is 17.4 Å². The number of nitriles is 1. The van der Waals surface area contributed by atoms with Crippen LogP contribution in [0, 0.1) is 17.2 Å². The molecule has 68 heavy (non-hydrogen) atoms. The number of hydrogen-bond acceptors (Lipinski definition) is 12. The number of thiazole rings is 1. The summed E-state index contributed by atoms with van der Waals surface area (Å²) in [5, 5.41) is 28.3. The van der Waals surface area contributed by atoms with Gasteiger partial charge in [0.05, 0.1) is 34.7 Å². The molecule has 6 heterocycles. The molecule has 0 atom stereocenters. The molecule has 18 heteroatoms. The number of fused-ring (bicyclic) bond motifs is 2. The zero-order valence-corrected chi connectivity index (χ0v) is 40.3. The fourth-order valence-electron chi connectivity index (χ4n) is 10.4. The van der Waals surface area contributed by atoms with Crippen molar-refractivity contribution in [3.63, 3.8) is 0 Å². The molecule has 1 aliphatic carbocycles. The molecule has 3 fully saturated rings. The van der Waals surface area contributed by atoms with Gasteiger partial charge in [-0.1, -0.05) is 30.9 Å². The monoisotopic (exact) mass is 969 g/mol. The zero-order chi connectivity index (χ0) is 47.9. The number of piperidine rings is 2. The molecule has 0 bridgehead atoms. The number of phenols is 1. The van der Waals surface area contributed by atoms with Gasteiger partial charge in [0.25, 0.3) is 12.3 Å². The number of aromatic nitrogens is 3. The van der Waals surface area contributed by atoms with Gasteiger partial charge in [-0.25, -0.2) is 13.8 Å². The topological polar surface area (TPSA) is 186 Å². The van der Waals surface area contributed by atoms with Crippen molar-refractivity contribution in [3.8, 4) is 22.4 Å². The second kappa shape index (κ2) is 22.2. The third-order valence-corrected chi connectivity index (χ3v) is 15.3. The van der Waals surface area contributed by atoms with Gasteiger partial charge in [-0.05, 0) is 105 Å². The Morgan fingerprint density at radius 1 is 0.971 bits per heavy atom. The summed E-state index contributed by atoms with van der Waals surface area (Å²) in [7, 11) is 0. The van der Waals surface area contributed by atoms with Crippen molar-refractivity contribution in [3.05, 3.63) is 98.5 Å². The van der Waals surface area contributed by atoms with Crippen LogP contribution in [0.15, 0.2) is 65.6 Å². The van der Waals surface area contributed by atoms with Gasteiger partial charge in [0.1, 0.15) is 16.8 Å². The molecule has 0 spiro atoms. The molecular weight excluding hydrogens is 908 g/mol. The first kappa shape index (κ1) is 48.7. The van der Waals surface area contributed by atoms with E-state index in [9.17, 15) is 18.4 Å². The SMILES string of the molecule is CC(=O)N1CCc2c(c(N3CCCc4cc(-c5nccs5)c(C(F)F)cc43)nn2C2CCN(CC3CCN(/C(N)=C/C=C(\N)C(=O)NC4CCCCC4)CC3)CC2)C1.N#Cc1ccc(O)cc1Cl. The molecule has 2 saturated heterocycles. The van der Waals surface area contributed by atoms with Gasteiger partial charge in [-0.3, -0.25) is 14.3 Å². The second-order valence-electron chi connectivity index (χ2n) is 18.6. The Kier molecular flexibility index (Phi) is 15.9. The van der Waals surface area contributed by atoms with Crippen LogP contribution >= 0.6 is 22.9 Å². The summed E-state index contributed by atoms with van der Waals surface area (Å²) >= 11 is 6.92. The van der Waals surface area contributed by atoms with Crippen molar-refractivity contribution < 1.29 is 23.5 Å². The molecular formula is C50H62ClF2N11O3S. The Morgan fingerprint density at radius 3 is 2.41 bits per heavy atom. The van der Waals surface area contributed by atoms with Gasteiger partial charge in [-0.2, -0.15) is 10.4 Å². The van der Waals surface area contributed by atoms with Crippen LogP contribution in [0.4, 0.5) is 20.3 Å². The van der Waals surface area contributed by atoms with Crippen LogP contribution in [0.3, 0.4) is 0 Å². The molecule has 5 aliphatic rings. The lowest BCUT2D eigenvalue weighted by Crippen LogP contribution is -2.42. The fraction of sp³-hybridized carbons (Fsp3) is 0.500. The molecule has 6 N–H and O–H groups in total. The van der Waals surface area contributed by atoms with E-state index in [4.69, 9.17) is 38.5 Å². The second-order valence-corrected chi connectivity index (χ2v) is 19.9. The van der Waals surface area contributed by atoms with Gasteiger partial charge in [0, 0.05) is 105 Å². The highest BCUT2D eigenvalue weighted by atomic mass is 35.5. The maximum Gasteiger partial charge on any atom is 0.267 e. The van der Waals surface area contributed by atoms with E-state index in [0.29, 0.717) is 47.5 Å². The number of nitrogens with two attached hydrogens (primary N) is 2. The standard InChI is InChI=1S/C43H58F2N10O2S.C7H4ClNO/c1-28(56)53-22-15-37-35(27-53)41(54-17-5-6-30-24-34(43-48-16-23-58-43)33(40(44)45)25-38(30)54)50-55(37)32-13-18-51(19-14-32)26-29-11-20-52(21-12-29)39(47)10-9-36(46)42(57)49-31-7-3-2-4-8-31;8-7-3-6(10)2-1-5(7)4-9/h9-10,16,23-25,29,31-32,40H,2-8,11-15,17-22,26-27,46-47H2,1H3,(H,49,57);1-3,10H/b36-9-,39-10+;. The largest absolute Gasteiger partial charge is 0.508 e. The maximum absolute atomic E-state index is 14.6. The first-order chi connectivity index (χ1) is 32.9. The summed E-state index contributed by atoms with van der Waals surface area (Å²) in [5.41, 5.74) is 17.6. The average Bonchev–Trinajstić information content (AvgIpc) is 4.03. The third-order valence-electron chi connectivity index (χ3n) is 14.1. The highest BCUT2D eigenvalue weighted by Crippen LogP contribution is 2.44. The first-order valence-electron chi connectivity index (χ1n) is 23.9. The molecule has 2 aromatic carbocycles. The lowest BCUT2D eigenvalue weighted by molar-refractivity contribution is -0.129. The molecule has 362 valence electrons. The highest BCUT2D eigenvalue weighted by Gasteiger charge is 2.35. The molecule has 0 unspecified atom stereocenters. The predicted octanol–water partition coefficient (Wildman–Crippen LogP) is 8.29. The molecule has 9 rings (SSSR count). The van der Waals surface area contributed by atoms with E-state index in [1.54, 1.807) is 31.3 Å². The minimum absolute atomic E-state index is 0.00900. The summed E-state index contributed by atoms with van der Waals surface area (Å²) in [6.07, 6.45) is 14.4. The summed E-state index contributed by atoms with van der Waals surface area (Å²) in [4.78, 5) is 38.3. The van der Waals surface area contributed by atoms with Gasteiger partial charge >= 0.3 is 0 Å². The third kappa shape index (κ3) is 11.4. The van der Waals surface area contributed by atoms with E-state index in [2.05, 4.69) is 29.7 Å². The first-order valence-corrected chi connectivity index (χ1v) is 25.2. The van der Waals surface area contributed by atoms with Crippen molar-refractivity contribution >= 4 is 46.3 Å². The van der Waals surface area contributed by atoms with Crippen molar-refractivity contribution in [1.29, 1.82) is 5.26 Å². The van der Waals surface area contributed by atoms with E-state index in [-0.39, 0.29) is 45.9 Å². The van der Waals surface area contributed by atoms with E-state index < -0.39 is 6.43 Å². The van der Waals surface area contributed by atoms with Gasteiger partial charge in [-0.15, -0.1) is 11.3 Å². The van der Waals surface area contributed by atoms with Crippen LogP contribution in [0.25, 0.3) is 10.6 Å². The van der Waals surface area contributed by atoms with E-state index in [0.717, 1.165) is 126 Å². The summed E-state index contributed by atoms with van der Waals surface area (Å²) in [6, 6.07) is 10.1. The number of carbonyl (C=O) groups excluding carboxylic acids is 2. The van der Waals surface area contributed by atoms with Crippen LogP contribution in [0.2, 0.25) is 5.02 Å². The van der Waals surface area contributed by atoms with Crippen LogP contribution in [-0.2, 0) is 29.0 Å². The van der Waals surface area contributed by atoms with Crippen molar-refractivity contribution in [2.45, 2.75) is 109 Å². The molecule has 4 aliphatic heterocycles. The Labute approximate surface area is 406 Å². The normalized spacial score (nSPS) is 19.0. The lowest BCUT2D eigenvalue weighted by atomic mass is 9.94. The van der Waals surface area contributed by atoms with E-state index in [1.165, 1.54) is 41.7 Å². The van der Waals surface area contributed by atoms with Gasteiger partial charge in [0.2, 0.25) is 5.91 Å². The minimum Gasteiger partial charge on any atom is -0.508 e. The molecule has 2 aromatic heterocycles. The molecule has 2 amide bonds. The Balaban J connectivity index is 0.000000556. The zero-order valence-electron chi connectivity index (χ0n) is 38.7. The summed E-state index contributed by atoms with van der Waals surface area (Å²) < 4.78 is 31.4. The quantitative estimate of drug-likeness (QED) is 0.0886. The number of benzene rings is 2.